The Morgan fingerprint density at radius 3 is 2.78 bits per heavy atom. The van der Waals surface area contributed by atoms with Gasteiger partial charge in [0, 0.05) is 10.9 Å². The van der Waals surface area contributed by atoms with Crippen molar-refractivity contribution < 1.29 is 13.2 Å². The van der Waals surface area contributed by atoms with E-state index in [0.717, 1.165) is 10.4 Å². The molecule has 1 saturated heterocycles. The molecule has 27 heavy (non-hydrogen) atoms. The van der Waals surface area contributed by atoms with Crippen LogP contribution >= 0.6 is 11.3 Å². The lowest BCUT2D eigenvalue weighted by molar-refractivity contribution is -0.122. The molecule has 2 aromatic heterocycles. The molecule has 0 spiro atoms. The Morgan fingerprint density at radius 1 is 1.30 bits per heavy atom. The van der Waals surface area contributed by atoms with Gasteiger partial charge in [0.2, 0.25) is 5.91 Å². The molecule has 1 atom stereocenters. The lowest BCUT2D eigenvalue weighted by Gasteiger charge is -2.11. The average Bonchev–Trinajstić information content (AvgIpc) is 3.22. The molecule has 1 unspecified atom stereocenters. The zero-order valence-electron chi connectivity index (χ0n) is 14.3. The van der Waals surface area contributed by atoms with Crippen LogP contribution in [-0.2, 0) is 21.2 Å². The normalized spacial score (nSPS) is 18.6. The number of hydrogen-bond donors (Lipinski definition) is 1. The minimum atomic E-state index is -3.07. The summed E-state index contributed by atoms with van der Waals surface area (Å²) in [4.78, 5) is 30.1. The molecule has 1 amide bonds. The molecule has 0 aliphatic carbocycles. The highest BCUT2D eigenvalue weighted by Gasteiger charge is 2.29. The van der Waals surface area contributed by atoms with Crippen molar-refractivity contribution in [3.8, 4) is 10.4 Å². The molecule has 0 bridgehead atoms. The van der Waals surface area contributed by atoms with Gasteiger partial charge in [-0.15, -0.1) is 11.3 Å². The van der Waals surface area contributed by atoms with Crippen molar-refractivity contribution in [2.75, 3.05) is 11.5 Å². The second-order valence-electron chi connectivity index (χ2n) is 6.54. The molecular formula is C18H17N3O4S2. The first-order valence-electron chi connectivity index (χ1n) is 8.45. The smallest absolute Gasteiger partial charge is 0.271 e. The highest BCUT2D eigenvalue weighted by Crippen LogP contribution is 2.30. The van der Waals surface area contributed by atoms with E-state index >= 15 is 0 Å². The molecule has 0 radical (unpaired) electrons. The van der Waals surface area contributed by atoms with Gasteiger partial charge in [-0.05, 0) is 18.1 Å². The number of nitrogens with zero attached hydrogens (tertiary/aromatic N) is 2. The number of benzene rings is 1. The zero-order valence-corrected chi connectivity index (χ0v) is 15.9. The Balaban J connectivity index is 1.55. The summed E-state index contributed by atoms with van der Waals surface area (Å²) in [6, 6.07) is 11.2. The minimum absolute atomic E-state index is 0.0454. The lowest BCUT2D eigenvalue weighted by Crippen LogP contribution is -2.39. The van der Waals surface area contributed by atoms with Gasteiger partial charge < -0.3 is 5.32 Å². The van der Waals surface area contributed by atoms with Crippen molar-refractivity contribution >= 4 is 37.3 Å². The summed E-state index contributed by atoms with van der Waals surface area (Å²) < 4.78 is 24.7. The number of hydrogen-bond acceptors (Lipinski definition) is 6. The van der Waals surface area contributed by atoms with Crippen LogP contribution in [0.5, 0.6) is 0 Å². The van der Waals surface area contributed by atoms with Gasteiger partial charge in [-0.3, -0.25) is 14.2 Å². The van der Waals surface area contributed by atoms with E-state index in [2.05, 4.69) is 10.3 Å². The standard InChI is InChI=1S/C18H17N3O4S2/c22-16(20-13-6-7-27(24,25)10-13)9-21-11-19-14-8-15(26-17(14)18(21)23)12-4-2-1-3-5-12/h1-5,8,11,13H,6-7,9-10H2,(H,20,22). The first-order chi connectivity index (χ1) is 12.9. The minimum Gasteiger partial charge on any atom is -0.351 e. The third-order valence-corrected chi connectivity index (χ3v) is 7.40. The van der Waals surface area contributed by atoms with Crippen molar-refractivity contribution in [3.05, 3.63) is 53.1 Å². The van der Waals surface area contributed by atoms with E-state index in [1.165, 1.54) is 22.2 Å². The monoisotopic (exact) mass is 403 g/mol. The van der Waals surface area contributed by atoms with Crippen LogP contribution in [0.1, 0.15) is 6.42 Å². The van der Waals surface area contributed by atoms with Crippen molar-refractivity contribution in [3.63, 3.8) is 0 Å². The molecular weight excluding hydrogens is 386 g/mol. The Bertz CT molecular complexity index is 1170. The van der Waals surface area contributed by atoms with E-state index in [0.29, 0.717) is 16.6 Å². The molecule has 9 heteroatoms. The molecule has 0 saturated carbocycles. The highest BCUT2D eigenvalue weighted by atomic mass is 32.2. The van der Waals surface area contributed by atoms with Crippen molar-refractivity contribution in [2.24, 2.45) is 0 Å². The Kier molecular flexibility index (Phi) is 4.56. The first-order valence-corrected chi connectivity index (χ1v) is 11.1. The van der Waals surface area contributed by atoms with Crippen LogP contribution in [0.25, 0.3) is 20.7 Å². The number of sulfone groups is 1. The van der Waals surface area contributed by atoms with Crippen LogP contribution in [0.4, 0.5) is 0 Å². The van der Waals surface area contributed by atoms with E-state index in [4.69, 9.17) is 0 Å². The third-order valence-electron chi connectivity index (χ3n) is 4.47. The number of amides is 1. The Labute approximate surface area is 159 Å². The molecule has 7 nitrogen and oxygen atoms in total. The van der Waals surface area contributed by atoms with Crippen molar-refractivity contribution in [2.45, 2.75) is 19.0 Å². The van der Waals surface area contributed by atoms with Gasteiger partial charge in [0.1, 0.15) is 11.2 Å². The zero-order chi connectivity index (χ0) is 19.0. The van der Waals surface area contributed by atoms with Crippen LogP contribution < -0.4 is 10.9 Å². The predicted octanol–water partition coefficient (Wildman–Crippen LogP) is 1.43. The molecule has 1 aromatic carbocycles. The Hall–Kier alpha value is -2.52. The summed E-state index contributed by atoms with van der Waals surface area (Å²) in [7, 11) is -3.07. The average molecular weight is 403 g/mol. The van der Waals surface area contributed by atoms with Gasteiger partial charge in [-0.2, -0.15) is 0 Å². The summed E-state index contributed by atoms with van der Waals surface area (Å²) in [6.45, 7) is -0.184. The summed E-state index contributed by atoms with van der Waals surface area (Å²) in [5.74, 6) is -0.348. The number of rotatable bonds is 4. The van der Waals surface area contributed by atoms with Gasteiger partial charge in [0.05, 0.1) is 23.3 Å². The number of aromatic nitrogens is 2. The second-order valence-corrected chi connectivity index (χ2v) is 9.82. The van der Waals surface area contributed by atoms with Gasteiger partial charge in [0.25, 0.3) is 5.56 Å². The molecule has 1 aliphatic rings. The SMILES string of the molecule is O=C(Cn1cnc2cc(-c3ccccc3)sc2c1=O)NC1CCS(=O)(=O)C1. The van der Waals surface area contributed by atoms with Gasteiger partial charge in [-0.1, -0.05) is 30.3 Å². The number of thiophene rings is 1. The van der Waals surface area contributed by atoms with Crippen molar-refractivity contribution in [1.29, 1.82) is 0 Å². The number of fused-ring (bicyclic) bond motifs is 1. The van der Waals surface area contributed by atoms with E-state index in [-0.39, 0.29) is 35.6 Å². The topological polar surface area (TPSA) is 98.1 Å². The third kappa shape index (κ3) is 3.79. The van der Waals surface area contributed by atoms with Gasteiger partial charge in [-0.25, -0.2) is 13.4 Å². The molecule has 1 aliphatic heterocycles. The van der Waals surface area contributed by atoms with Crippen molar-refractivity contribution in [1.82, 2.24) is 14.9 Å². The fraction of sp³-hybridized carbons (Fsp3) is 0.278. The fourth-order valence-corrected chi connectivity index (χ4v) is 5.88. The fourth-order valence-electron chi connectivity index (χ4n) is 3.14. The van der Waals surface area contributed by atoms with E-state index in [9.17, 15) is 18.0 Å². The number of carbonyl (C=O) groups is 1. The lowest BCUT2D eigenvalue weighted by atomic mass is 10.2. The van der Waals surface area contributed by atoms with Gasteiger partial charge >= 0.3 is 0 Å². The molecule has 1 fully saturated rings. The highest BCUT2D eigenvalue weighted by molar-refractivity contribution is 7.91. The maximum absolute atomic E-state index is 12.7. The largest absolute Gasteiger partial charge is 0.351 e. The maximum atomic E-state index is 12.7. The molecule has 4 rings (SSSR count). The maximum Gasteiger partial charge on any atom is 0.271 e. The van der Waals surface area contributed by atoms with Gasteiger partial charge in [0.15, 0.2) is 9.84 Å². The summed E-state index contributed by atoms with van der Waals surface area (Å²) >= 11 is 1.34. The number of nitrogens with one attached hydrogen (secondary N) is 1. The number of carbonyl (C=O) groups excluding carboxylic acids is 1. The van der Waals surface area contributed by atoms with E-state index in [1.54, 1.807) is 0 Å². The first kappa shape index (κ1) is 17.9. The van der Waals surface area contributed by atoms with Crippen LogP contribution in [-0.4, -0.2) is 41.4 Å². The predicted molar refractivity (Wildman–Crippen MR) is 105 cm³/mol. The Morgan fingerprint density at radius 2 is 2.07 bits per heavy atom. The molecule has 140 valence electrons. The van der Waals surface area contributed by atoms with Crippen LogP contribution in [0.15, 0.2) is 47.5 Å². The van der Waals surface area contributed by atoms with E-state index < -0.39 is 9.84 Å². The molecule has 3 aromatic rings. The second kappa shape index (κ2) is 6.90. The quantitative estimate of drug-likeness (QED) is 0.711. The molecule has 3 heterocycles. The summed E-state index contributed by atoms with van der Waals surface area (Å²) in [5, 5.41) is 2.69. The summed E-state index contributed by atoms with van der Waals surface area (Å²) in [6.07, 6.45) is 1.77. The van der Waals surface area contributed by atoms with Crippen LogP contribution in [0.2, 0.25) is 0 Å². The van der Waals surface area contributed by atoms with E-state index in [1.807, 2.05) is 36.4 Å². The van der Waals surface area contributed by atoms with Crippen LogP contribution in [0.3, 0.4) is 0 Å². The van der Waals surface area contributed by atoms with Crippen LogP contribution in [0, 0.1) is 0 Å². The summed E-state index contributed by atoms with van der Waals surface area (Å²) in [5.41, 5.74) is 1.33. The molecule has 1 N–H and O–H groups in total.